The number of nitrogens with zero attached hydrogens (tertiary/aromatic N) is 3. The maximum absolute atomic E-state index is 11.2. The van der Waals surface area contributed by atoms with E-state index in [1.165, 1.54) is 5.69 Å². The van der Waals surface area contributed by atoms with Crippen LogP contribution in [0.2, 0.25) is 0 Å². The summed E-state index contributed by atoms with van der Waals surface area (Å²) in [4.78, 5) is 13.1. The zero-order valence-corrected chi connectivity index (χ0v) is 10.5. The van der Waals surface area contributed by atoms with Crippen LogP contribution in [0.15, 0.2) is 12.3 Å². The van der Waals surface area contributed by atoms with Crippen LogP contribution < -0.4 is 5.32 Å². The van der Waals surface area contributed by atoms with Crippen molar-refractivity contribution >= 4 is 5.91 Å². The fraction of sp³-hybridized carbons (Fsp3) is 0.667. The van der Waals surface area contributed by atoms with Gasteiger partial charge in [-0.3, -0.25) is 9.48 Å². The lowest BCUT2D eigenvalue weighted by Gasteiger charge is -2.31. The molecule has 5 nitrogen and oxygen atoms in total. The van der Waals surface area contributed by atoms with Gasteiger partial charge in [-0.2, -0.15) is 5.10 Å². The summed E-state index contributed by atoms with van der Waals surface area (Å²) in [5.74, 6) is 0.190. The van der Waals surface area contributed by atoms with Gasteiger partial charge in [0.2, 0.25) is 5.91 Å². The lowest BCUT2D eigenvalue weighted by Crippen LogP contribution is -2.44. The number of likely N-dealkylation sites (tertiary alicyclic amines) is 1. The third kappa shape index (κ3) is 3.06. The SMILES string of the molecule is CC(=O)N1CCC(NCc2ccnn2C)CC1. The minimum atomic E-state index is 0.190. The summed E-state index contributed by atoms with van der Waals surface area (Å²) >= 11 is 0. The van der Waals surface area contributed by atoms with Crippen LogP contribution in [0.25, 0.3) is 0 Å². The Balaban J connectivity index is 1.75. The third-order valence-electron chi connectivity index (χ3n) is 3.43. The van der Waals surface area contributed by atoms with Crippen molar-refractivity contribution in [1.29, 1.82) is 0 Å². The van der Waals surface area contributed by atoms with Crippen molar-refractivity contribution in [3.05, 3.63) is 18.0 Å². The van der Waals surface area contributed by atoms with Crippen LogP contribution in [0, 0.1) is 0 Å². The van der Waals surface area contributed by atoms with Gasteiger partial charge in [0.25, 0.3) is 0 Å². The van der Waals surface area contributed by atoms with E-state index < -0.39 is 0 Å². The quantitative estimate of drug-likeness (QED) is 0.832. The van der Waals surface area contributed by atoms with Crippen LogP contribution >= 0.6 is 0 Å². The van der Waals surface area contributed by atoms with Crippen molar-refractivity contribution < 1.29 is 4.79 Å². The largest absolute Gasteiger partial charge is 0.343 e. The van der Waals surface area contributed by atoms with Gasteiger partial charge in [0, 0.05) is 45.8 Å². The summed E-state index contributed by atoms with van der Waals surface area (Å²) < 4.78 is 1.89. The lowest BCUT2D eigenvalue weighted by atomic mass is 10.1. The van der Waals surface area contributed by atoms with Crippen molar-refractivity contribution in [2.24, 2.45) is 7.05 Å². The van der Waals surface area contributed by atoms with Gasteiger partial charge in [0.1, 0.15) is 0 Å². The molecule has 1 fully saturated rings. The molecule has 0 atom stereocenters. The van der Waals surface area contributed by atoms with E-state index in [4.69, 9.17) is 0 Å². The van der Waals surface area contributed by atoms with Crippen LogP contribution in [0.3, 0.4) is 0 Å². The highest BCUT2D eigenvalue weighted by atomic mass is 16.2. The number of amides is 1. The summed E-state index contributed by atoms with van der Waals surface area (Å²) in [6, 6.07) is 2.54. The Morgan fingerprint density at radius 2 is 2.24 bits per heavy atom. The molecule has 5 heteroatoms. The Kier molecular flexibility index (Phi) is 3.78. The number of hydrogen-bond acceptors (Lipinski definition) is 3. The summed E-state index contributed by atoms with van der Waals surface area (Å²) in [5.41, 5.74) is 1.19. The van der Waals surface area contributed by atoms with Crippen LogP contribution in [0.1, 0.15) is 25.5 Å². The van der Waals surface area contributed by atoms with Gasteiger partial charge >= 0.3 is 0 Å². The Labute approximate surface area is 102 Å². The first-order valence-electron chi connectivity index (χ1n) is 6.12. The fourth-order valence-electron chi connectivity index (χ4n) is 2.22. The number of rotatable bonds is 3. The summed E-state index contributed by atoms with van der Waals surface area (Å²) in [6.07, 6.45) is 3.89. The summed E-state index contributed by atoms with van der Waals surface area (Å²) in [5, 5.41) is 7.66. The monoisotopic (exact) mass is 236 g/mol. The molecular formula is C12H20N4O. The Hall–Kier alpha value is -1.36. The second-order valence-electron chi connectivity index (χ2n) is 4.61. The van der Waals surface area contributed by atoms with Crippen molar-refractivity contribution in [2.45, 2.75) is 32.4 Å². The van der Waals surface area contributed by atoms with E-state index in [-0.39, 0.29) is 5.91 Å². The molecule has 0 aromatic carbocycles. The van der Waals surface area contributed by atoms with Crippen LogP contribution in [0.5, 0.6) is 0 Å². The number of piperidine rings is 1. The molecule has 0 unspecified atom stereocenters. The minimum absolute atomic E-state index is 0.190. The first-order valence-corrected chi connectivity index (χ1v) is 6.12. The molecule has 1 aromatic heterocycles. The maximum atomic E-state index is 11.2. The number of hydrogen-bond donors (Lipinski definition) is 1. The number of carbonyl (C=O) groups excluding carboxylic acids is 1. The molecule has 1 aromatic rings. The second-order valence-corrected chi connectivity index (χ2v) is 4.61. The van der Waals surface area contributed by atoms with E-state index in [0.29, 0.717) is 6.04 Å². The zero-order valence-electron chi connectivity index (χ0n) is 10.5. The molecule has 0 saturated carbocycles. The summed E-state index contributed by atoms with van der Waals surface area (Å²) in [7, 11) is 1.95. The number of nitrogens with one attached hydrogen (secondary N) is 1. The van der Waals surface area contributed by atoms with E-state index in [0.717, 1.165) is 32.5 Å². The first-order chi connectivity index (χ1) is 8.16. The average molecular weight is 236 g/mol. The normalized spacial score (nSPS) is 17.4. The van der Waals surface area contributed by atoms with Gasteiger partial charge in [0.05, 0.1) is 5.69 Å². The molecule has 1 aliphatic heterocycles. The molecule has 1 N–H and O–H groups in total. The highest BCUT2D eigenvalue weighted by Gasteiger charge is 2.20. The third-order valence-corrected chi connectivity index (χ3v) is 3.43. The smallest absolute Gasteiger partial charge is 0.219 e. The Morgan fingerprint density at radius 3 is 2.76 bits per heavy atom. The molecule has 1 aliphatic rings. The molecule has 0 spiro atoms. The molecule has 94 valence electrons. The van der Waals surface area contributed by atoms with Crippen LogP contribution in [-0.2, 0) is 18.4 Å². The van der Waals surface area contributed by atoms with Gasteiger partial charge < -0.3 is 10.2 Å². The van der Waals surface area contributed by atoms with Crippen LogP contribution in [0.4, 0.5) is 0 Å². The molecule has 0 radical (unpaired) electrons. The molecule has 0 aliphatic carbocycles. The molecular weight excluding hydrogens is 216 g/mol. The van der Waals surface area contributed by atoms with Crippen molar-refractivity contribution in [1.82, 2.24) is 20.0 Å². The van der Waals surface area contributed by atoms with E-state index in [1.807, 2.05) is 28.9 Å². The number of carbonyl (C=O) groups is 1. The zero-order chi connectivity index (χ0) is 12.3. The second kappa shape index (κ2) is 5.31. The number of aryl methyl sites for hydroxylation is 1. The first kappa shape index (κ1) is 12.1. The molecule has 1 saturated heterocycles. The minimum Gasteiger partial charge on any atom is -0.343 e. The van der Waals surface area contributed by atoms with E-state index in [2.05, 4.69) is 10.4 Å². The maximum Gasteiger partial charge on any atom is 0.219 e. The van der Waals surface area contributed by atoms with E-state index in [1.54, 1.807) is 6.92 Å². The predicted molar refractivity (Wildman–Crippen MR) is 65.3 cm³/mol. The summed E-state index contributed by atoms with van der Waals surface area (Å²) in [6.45, 7) is 4.24. The number of aromatic nitrogens is 2. The lowest BCUT2D eigenvalue weighted by molar-refractivity contribution is -0.129. The highest BCUT2D eigenvalue weighted by molar-refractivity contribution is 5.73. The van der Waals surface area contributed by atoms with E-state index >= 15 is 0 Å². The predicted octanol–water partition coefficient (Wildman–Crippen LogP) is 0.521. The van der Waals surface area contributed by atoms with Crippen molar-refractivity contribution in [2.75, 3.05) is 13.1 Å². The molecule has 1 amide bonds. The van der Waals surface area contributed by atoms with E-state index in [9.17, 15) is 4.79 Å². The molecule has 0 bridgehead atoms. The topological polar surface area (TPSA) is 50.2 Å². The average Bonchev–Trinajstić information content (AvgIpc) is 2.73. The van der Waals surface area contributed by atoms with Gasteiger partial charge in [-0.25, -0.2) is 0 Å². The van der Waals surface area contributed by atoms with Crippen molar-refractivity contribution in [3.8, 4) is 0 Å². The highest BCUT2D eigenvalue weighted by Crippen LogP contribution is 2.11. The Morgan fingerprint density at radius 1 is 1.53 bits per heavy atom. The fourth-order valence-corrected chi connectivity index (χ4v) is 2.22. The molecule has 2 heterocycles. The molecule has 17 heavy (non-hydrogen) atoms. The van der Waals surface area contributed by atoms with Crippen LogP contribution in [-0.4, -0.2) is 39.7 Å². The molecule has 2 rings (SSSR count). The van der Waals surface area contributed by atoms with Gasteiger partial charge in [-0.15, -0.1) is 0 Å². The van der Waals surface area contributed by atoms with Gasteiger partial charge in [-0.05, 0) is 18.9 Å². The Bertz CT molecular complexity index is 380. The standard InChI is InChI=1S/C12H20N4O/c1-10(17)16-7-4-11(5-8-16)13-9-12-3-6-14-15(12)2/h3,6,11,13H,4-5,7-9H2,1-2H3. The van der Waals surface area contributed by atoms with Crippen molar-refractivity contribution in [3.63, 3.8) is 0 Å². The van der Waals surface area contributed by atoms with Gasteiger partial charge in [-0.1, -0.05) is 0 Å². The van der Waals surface area contributed by atoms with Gasteiger partial charge in [0.15, 0.2) is 0 Å².